The van der Waals surface area contributed by atoms with E-state index < -0.39 is 5.82 Å². The first-order valence-corrected chi connectivity index (χ1v) is 6.95. The van der Waals surface area contributed by atoms with Crippen LogP contribution in [-0.2, 0) is 4.79 Å². The molecule has 0 saturated heterocycles. The molecule has 1 atom stereocenters. The molecule has 1 fully saturated rings. The van der Waals surface area contributed by atoms with Gasteiger partial charge in [0.15, 0.2) is 0 Å². The fourth-order valence-corrected chi connectivity index (χ4v) is 2.96. The number of hydrogen-bond donors (Lipinski definition) is 1. The van der Waals surface area contributed by atoms with E-state index in [0.29, 0.717) is 4.47 Å². The summed E-state index contributed by atoms with van der Waals surface area (Å²) in [5.41, 5.74) is 0.265. The van der Waals surface area contributed by atoms with E-state index >= 15 is 0 Å². The fourth-order valence-electron chi connectivity index (χ4n) is 2.62. The van der Waals surface area contributed by atoms with Gasteiger partial charge in [-0.2, -0.15) is 0 Å². The summed E-state index contributed by atoms with van der Waals surface area (Å²) < 4.78 is 14.3. The van der Waals surface area contributed by atoms with E-state index in [9.17, 15) is 9.18 Å². The van der Waals surface area contributed by atoms with Gasteiger partial charge in [-0.3, -0.25) is 4.79 Å². The molecule has 2 rings (SSSR count). The normalized spacial score (nSPS) is 21.9. The van der Waals surface area contributed by atoms with Crippen molar-refractivity contribution in [1.82, 2.24) is 0 Å². The van der Waals surface area contributed by atoms with Gasteiger partial charge in [-0.05, 0) is 36.5 Å². The van der Waals surface area contributed by atoms with Gasteiger partial charge in [0.25, 0.3) is 0 Å². The molecule has 1 aromatic carbocycles. The standard InChI is InChI=1S/C14H17BrFNO/c1-14(2)7-3-4-10(14)13(18)17-12-6-5-9(15)8-11(12)16/h5-6,8,10H,3-4,7H2,1-2H3,(H,17,18). The van der Waals surface area contributed by atoms with Crippen molar-refractivity contribution in [2.24, 2.45) is 11.3 Å². The van der Waals surface area contributed by atoms with Crippen LogP contribution >= 0.6 is 15.9 Å². The fraction of sp³-hybridized carbons (Fsp3) is 0.500. The van der Waals surface area contributed by atoms with E-state index in [1.165, 1.54) is 6.07 Å². The molecule has 1 aliphatic carbocycles. The van der Waals surface area contributed by atoms with E-state index in [1.54, 1.807) is 12.1 Å². The van der Waals surface area contributed by atoms with Crippen LogP contribution in [0.5, 0.6) is 0 Å². The third kappa shape index (κ3) is 2.74. The maximum Gasteiger partial charge on any atom is 0.228 e. The summed E-state index contributed by atoms with van der Waals surface area (Å²) in [4.78, 5) is 12.2. The Morgan fingerprint density at radius 2 is 2.22 bits per heavy atom. The van der Waals surface area contributed by atoms with Crippen LogP contribution in [0, 0.1) is 17.2 Å². The van der Waals surface area contributed by atoms with Crippen LogP contribution in [0.1, 0.15) is 33.1 Å². The van der Waals surface area contributed by atoms with E-state index in [0.717, 1.165) is 19.3 Å². The molecule has 0 heterocycles. The molecule has 0 aliphatic heterocycles. The van der Waals surface area contributed by atoms with Gasteiger partial charge in [0, 0.05) is 10.4 Å². The lowest BCUT2D eigenvalue weighted by molar-refractivity contribution is -0.122. The molecule has 1 N–H and O–H groups in total. The Morgan fingerprint density at radius 3 is 2.78 bits per heavy atom. The van der Waals surface area contributed by atoms with Crippen LogP contribution in [0.15, 0.2) is 22.7 Å². The Bertz CT molecular complexity index is 473. The molecule has 1 aliphatic rings. The molecule has 1 amide bonds. The third-order valence-corrected chi connectivity index (χ3v) is 4.26. The predicted octanol–water partition coefficient (Wildman–Crippen LogP) is 4.35. The topological polar surface area (TPSA) is 29.1 Å². The molecule has 1 unspecified atom stereocenters. The minimum absolute atomic E-state index is 0.00984. The van der Waals surface area contributed by atoms with Crippen molar-refractivity contribution < 1.29 is 9.18 Å². The monoisotopic (exact) mass is 313 g/mol. The maximum atomic E-state index is 13.6. The van der Waals surface area contributed by atoms with E-state index in [2.05, 4.69) is 35.1 Å². The maximum absolute atomic E-state index is 13.6. The summed E-state index contributed by atoms with van der Waals surface area (Å²) >= 11 is 3.19. The molecule has 0 bridgehead atoms. The quantitative estimate of drug-likeness (QED) is 0.864. The Labute approximate surface area is 115 Å². The predicted molar refractivity (Wildman–Crippen MR) is 73.9 cm³/mol. The second-order valence-electron chi connectivity index (χ2n) is 5.55. The van der Waals surface area contributed by atoms with Crippen molar-refractivity contribution in [1.29, 1.82) is 0 Å². The highest BCUT2D eigenvalue weighted by Crippen LogP contribution is 2.43. The number of carbonyl (C=O) groups excluding carboxylic acids is 1. The summed E-state index contributed by atoms with van der Waals surface area (Å²) in [5, 5.41) is 2.70. The minimum atomic E-state index is -0.409. The van der Waals surface area contributed by atoms with E-state index in [1.807, 2.05) is 0 Å². The minimum Gasteiger partial charge on any atom is -0.323 e. The third-order valence-electron chi connectivity index (χ3n) is 3.76. The first-order valence-electron chi connectivity index (χ1n) is 6.16. The summed E-state index contributed by atoms with van der Waals surface area (Å²) in [6, 6.07) is 4.66. The zero-order valence-electron chi connectivity index (χ0n) is 10.6. The van der Waals surface area contributed by atoms with Crippen molar-refractivity contribution in [2.45, 2.75) is 33.1 Å². The average molecular weight is 314 g/mol. The van der Waals surface area contributed by atoms with Crippen molar-refractivity contribution in [3.8, 4) is 0 Å². The molecule has 98 valence electrons. The molecule has 0 radical (unpaired) electrons. The average Bonchev–Trinajstić information content (AvgIpc) is 2.62. The number of nitrogens with one attached hydrogen (secondary N) is 1. The highest BCUT2D eigenvalue weighted by molar-refractivity contribution is 9.10. The summed E-state index contributed by atoms with van der Waals surface area (Å²) in [6.45, 7) is 4.20. The van der Waals surface area contributed by atoms with Crippen LogP contribution in [0.4, 0.5) is 10.1 Å². The van der Waals surface area contributed by atoms with Crippen LogP contribution < -0.4 is 5.32 Å². The molecule has 2 nitrogen and oxygen atoms in total. The van der Waals surface area contributed by atoms with Crippen molar-refractivity contribution in [3.63, 3.8) is 0 Å². The van der Waals surface area contributed by atoms with Crippen LogP contribution in [-0.4, -0.2) is 5.91 Å². The Morgan fingerprint density at radius 1 is 1.50 bits per heavy atom. The smallest absolute Gasteiger partial charge is 0.228 e. The number of amides is 1. The van der Waals surface area contributed by atoms with Crippen molar-refractivity contribution >= 4 is 27.5 Å². The Hall–Kier alpha value is -0.900. The first kappa shape index (κ1) is 13.5. The molecule has 0 spiro atoms. The van der Waals surface area contributed by atoms with Crippen LogP contribution in [0.3, 0.4) is 0 Å². The Kier molecular flexibility index (Phi) is 3.76. The molecule has 18 heavy (non-hydrogen) atoms. The van der Waals surface area contributed by atoms with Gasteiger partial charge >= 0.3 is 0 Å². The van der Waals surface area contributed by atoms with Gasteiger partial charge in [0.2, 0.25) is 5.91 Å². The largest absolute Gasteiger partial charge is 0.323 e. The number of rotatable bonds is 2. The van der Waals surface area contributed by atoms with Gasteiger partial charge in [-0.15, -0.1) is 0 Å². The van der Waals surface area contributed by atoms with E-state index in [-0.39, 0.29) is 22.9 Å². The van der Waals surface area contributed by atoms with Gasteiger partial charge in [-0.25, -0.2) is 4.39 Å². The van der Waals surface area contributed by atoms with Gasteiger partial charge < -0.3 is 5.32 Å². The van der Waals surface area contributed by atoms with Crippen molar-refractivity contribution in [3.05, 3.63) is 28.5 Å². The molecular formula is C14H17BrFNO. The molecule has 1 aromatic rings. The number of carbonyl (C=O) groups is 1. The molecule has 0 aromatic heterocycles. The SMILES string of the molecule is CC1(C)CCCC1C(=O)Nc1ccc(Br)cc1F. The van der Waals surface area contributed by atoms with E-state index in [4.69, 9.17) is 0 Å². The molecule has 4 heteroatoms. The van der Waals surface area contributed by atoms with Crippen LogP contribution in [0.2, 0.25) is 0 Å². The first-order chi connectivity index (χ1) is 8.40. The summed E-state index contributed by atoms with van der Waals surface area (Å²) in [5.74, 6) is -0.507. The Balaban J connectivity index is 2.12. The zero-order chi connectivity index (χ0) is 13.3. The van der Waals surface area contributed by atoms with Gasteiger partial charge in [-0.1, -0.05) is 36.2 Å². The molecule has 1 saturated carbocycles. The van der Waals surface area contributed by atoms with Gasteiger partial charge in [0.05, 0.1) is 5.69 Å². The second-order valence-corrected chi connectivity index (χ2v) is 6.46. The highest BCUT2D eigenvalue weighted by atomic mass is 79.9. The lowest BCUT2D eigenvalue weighted by atomic mass is 9.81. The lowest BCUT2D eigenvalue weighted by Crippen LogP contribution is -2.31. The molecular weight excluding hydrogens is 297 g/mol. The van der Waals surface area contributed by atoms with Gasteiger partial charge in [0.1, 0.15) is 5.82 Å². The zero-order valence-corrected chi connectivity index (χ0v) is 12.2. The summed E-state index contributed by atoms with van der Waals surface area (Å²) in [7, 11) is 0. The van der Waals surface area contributed by atoms with Crippen molar-refractivity contribution in [2.75, 3.05) is 5.32 Å². The summed E-state index contributed by atoms with van der Waals surface area (Å²) in [6.07, 6.45) is 3.00. The number of benzene rings is 1. The van der Waals surface area contributed by atoms with Crippen LogP contribution in [0.25, 0.3) is 0 Å². The highest BCUT2D eigenvalue weighted by Gasteiger charge is 2.39. The second kappa shape index (κ2) is 5.00. The number of anilines is 1. The lowest BCUT2D eigenvalue weighted by Gasteiger charge is -2.25. The number of hydrogen-bond acceptors (Lipinski definition) is 1. The number of halogens is 2.